The topological polar surface area (TPSA) is 54.9 Å². The smallest absolute Gasteiger partial charge is 0.233 e. The third-order valence-electron chi connectivity index (χ3n) is 4.86. The lowest BCUT2D eigenvalue weighted by atomic mass is 10.1. The van der Waals surface area contributed by atoms with Crippen LogP contribution in [0.25, 0.3) is 10.2 Å². The van der Waals surface area contributed by atoms with Crippen LogP contribution in [0.1, 0.15) is 42.1 Å². The van der Waals surface area contributed by atoms with Crippen LogP contribution >= 0.6 is 23.1 Å². The van der Waals surface area contributed by atoms with E-state index in [1.807, 2.05) is 19.9 Å². The first-order valence-electron chi connectivity index (χ1n) is 9.60. The molecule has 1 aromatic carbocycles. The number of nitrogens with zero attached hydrogens (tertiary/aromatic N) is 2. The average Bonchev–Trinajstić information content (AvgIpc) is 2.94. The molecular weight excluding hydrogens is 386 g/mol. The molecule has 2 heterocycles. The Morgan fingerprint density at radius 2 is 1.86 bits per heavy atom. The Balaban J connectivity index is 1.63. The first-order valence-corrected chi connectivity index (χ1v) is 11.3. The molecule has 0 aliphatic carbocycles. The molecule has 0 saturated heterocycles. The number of aromatic nitrogens is 2. The van der Waals surface area contributed by atoms with E-state index in [2.05, 4.69) is 60.3 Å². The lowest BCUT2D eigenvalue weighted by molar-refractivity contribution is -0.120. The molecule has 0 spiro atoms. The van der Waals surface area contributed by atoms with E-state index in [1.54, 1.807) is 11.3 Å². The maximum absolute atomic E-state index is 12.7. The molecule has 3 rings (SSSR count). The Kier molecular flexibility index (Phi) is 6.73. The SMILES string of the molecule is Cc1nc(S[C@H](C)C(=O)N[C@H](C)CCc2ccccc2)c2c(C)c(C)sc2n1. The summed E-state index contributed by atoms with van der Waals surface area (Å²) in [4.78, 5) is 24.2. The molecule has 2 aromatic heterocycles. The summed E-state index contributed by atoms with van der Waals surface area (Å²) in [5.41, 5.74) is 2.51. The van der Waals surface area contributed by atoms with Crippen molar-refractivity contribution in [3.8, 4) is 0 Å². The molecule has 1 N–H and O–H groups in total. The number of amides is 1. The van der Waals surface area contributed by atoms with Crippen molar-refractivity contribution < 1.29 is 4.79 Å². The molecule has 0 aliphatic rings. The summed E-state index contributed by atoms with van der Waals surface area (Å²) >= 11 is 3.22. The lowest BCUT2D eigenvalue weighted by Crippen LogP contribution is -2.37. The normalized spacial score (nSPS) is 13.5. The summed E-state index contributed by atoms with van der Waals surface area (Å²) in [6.07, 6.45) is 1.88. The number of hydrogen-bond donors (Lipinski definition) is 1. The van der Waals surface area contributed by atoms with Gasteiger partial charge in [0.25, 0.3) is 0 Å². The highest BCUT2D eigenvalue weighted by molar-refractivity contribution is 8.00. The van der Waals surface area contributed by atoms with Crippen LogP contribution in [-0.4, -0.2) is 27.2 Å². The fourth-order valence-electron chi connectivity index (χ4n) is 3.08. The molecule has 6 heteroatoms. The highest BCUT2D eigenvalue weighted by atomic mass is 32.2. The number of benzene rings is 1. The zero-order valence-electron chi connectivity index (χ0n) is 17.1. The van der Waals surface area contributed by atoms with Crippen molar-refractivity contribution in [1.82, 2.24) is 15.3 Å². The number of aryl methyl sites for hydroxylation is 4. The van der Waals surface area contributed by atoms with Crippen LogP contribution in [-0.2, 0) is 11.2 Å². The second kappa shape index (κ2) is 9.05. The van der Waals surface area contributed by atoms with Gasteiger partial charge in [-0.3, -0.25) is 4.79 Å². The fourth-order valence-corrected chi connectivity index (χ4v) is 5.28. The number of hydrogen-bond acceptors (Lipinski definition) is 5. The Morgan fingerprint density at radius 3 is 2.57 bits per heavy atom. The Bertz CT molecular complexity index is 969. The van der Waals surface area contributed by atoms with Crippen LogP contribution in [0, 0.1) is 20.8 Å². The molecule has 0 aliphatic heterocycles. The molecule has 0 saturated carbocycles. The van der Waals surface area contributed by atoms with E-state index in [0.29, 0.717) is 0 Å². The van der Waals surface area contributed by atoms with Crippen molar-refractivity contribution in [2.75, 3.05) is 0 Å². The fraction of sp³-hybridized carbons (Fsp3) is 0.409. The van der Waals surface area contributed by atoms with E-state index in [9.17, 15) is 4.79 Å². The summed E-state index contributed by atoms with van der Waals surface area (Å²) in [6.45, 7) is 10.1. The number of carbonyl (C=O) groups is 1. The second-order valence-corrected chi connectivity index (χ2v) is 9.77. The molecule has 1 amide bonds. The van der Waals surface area contributed by atoms with Gasteiger partial charge in [-0.2, -0.15) is 0 Å². The van der Waals surface area contributed by atoms with Crippen molar-refractivity contribution in [1.29, 1.82) is 0 Å². The van der Waals surface area contributed by atoms with Gasteiger partial charge < -0.3 is 5.32 Å². The average molecular weight is 414 g/mol. The van der Waals surface area contributed by atoms with E-state index in [1.165, 1.54) is 27.8 Å². The van der Waals surface area contributed by atoms with E-state index >= 15 is 0 Å². The van der Waals surface area contributed by atoms with Gasteiger partial charge in [-0.25, -0.2) is 9.97 Å². The highest BCUT2D eigenvalue weighted by Gasteiger charge is 2.21. The third kappa shape index (κ3) is 4.92. The highest BCUT2D eigenvalue weighted by Crippen LogP contribution is 2.36. The summed E-state index contributed by atoms with van der Waals surface area (Å²) in [5, 5.41) is 4.94. The summed E-state index contributed by atoms with van der Waals surface area (Å²) in [7, 11) is 0. The minimum Gasteiger partial charge on any atom is -0.353 e. The first-order chi connectivity index (χ1) is 13.3. The molecule has 0 fully saturated rings. The summed E-state index contributed by atoms with van der Waals surface area (Å²) < 4.78 is 0. The van der Waals surface area contributed by atoms with Gasteiger partial charge in [-0.05, 0) is 58.6 Å². The van der Waals surface area contributed by atoms with Gasteiger partial charge in [0.15, 0.2) is 0 Å². The Hall–Kier alpha value is -1.92. The molecule has 3 aromatic rings. The molecule has 0 unspecified atom stereocenters. The van der Waals surface area contributed by atoms with Crippen LogP contribution in [0.4, 0.5) is 0 Å². The van der Waals surface area contributed by atoms with Gasteiger partial charge in [0.1, 0.15) is 15.7 Å². The van der Waals surface area contributed by atoms with Crippen molar-refractivity contribution in [2.24, 2.45) is 0 Å². The van der Waals surface area contributed by atoms with E-state index in [-0.39, 0.29) is 17.2 Å². The zero-order chi connectivity index (χ0) is 20.3. The molecule has 28 heavy (non-hydrogen) atoms. The number of nitrogens with one attached hydrogen (secondary N) is 1. The molecule has 2 atom stereocenters. The number of carbonyl (C=O) groups excluding carboxylic acids is 1. The van der Waals surface area contributed by atoms with Crippen LogP contribution < -0.4 is 5.32 Å². The van der Waals surface area contributed by atoms with Gasteiger partial charge in [0.2, 0.25) is 5.91 Å². The molecule has 4 nitrogen and oxygen atoms in total. The van der Waals surface area contributed by atoms with Crippen molar-refractivity contribution in [3.63, 3.8) is 0 Å². The maximum Gasteiger partial charge on any atom is 0.233 e. The minimum atomic E-state index is -0.212. The number of thiophene rings is 1. The van der Waals surface area contributed by atoms with E-state index in [4.69, 9.17) is 0 Å². The predicted molar refractivity (Wildman–Crippen MR) is 119 cm³/mol. The molecular formula is C22H27N3OS2. The Morgan fingerprint density at radius 1 is 1.14 bits per heavy atom. The third-order valence-corrected chi connectivity index (χ3v) is 7.05. The van der Waals surface area contributed by atoms with Gasteiger partial charge >= 0.3 is 0 Å². The second-order valence-electron chi connectivity index (χ2n) is 7.23. The standard InChI is InChI=1S/C22H27N3OS2/c1-13(11-12-18-9-7-6-8-10-18)23-20(26)16(4)28-22-19-14(2)15(3)27-21(19)24-17(5)25-22/h6-10,13,16H,11-12H2,1-5H3,(H,23,26)/t13-,16-/m1/s1. The maximum atomic E-state index is 12.7. The molecule has 148 valence electrons. The Labute approximate surface area is 175 Å². The van der Waals surface area contributed by atoms with E-state index in [0.717, 1.165) is 33.9 Å². The van der Waals surface area contributed by atoms with Gasteiger partial charge in [-0.15, -0.1) is 11.3 Å². The molecule has 0 radical (unpaired) electrons. The predicted octanol–water partition coefficient (Wildman–Crippen LogP) is 5.23. The van der Waals surface area contributed by atoms with E-state index < -0.39 is 0 Å². The lowest BCUT2D eigenvalue weighted by Gasteiger charge is -2.17. The van der Waals surface area contributed by atoms with Crippen molar-refractivity contribution in [2.45, 2.75) is 63.8 Å². The monoisotopic (exact) mass is 413 g/mol. The van der Waals surface area contributed by atoms with Crippen LogP contribution in [0.3, 0.4) is 0 Å². The van der Waals surface area contributed by atoms with Crippen molar-refractivity contribution >= 4 is 39.2 Å². The zero-order valence-corrected chi connectivity index (χ0v) is 18.7. The van der Waals surface area contributed by atoms with Crippen LogP contribution in [0.2, 0.25) is 0 Å². The minimum absolute atomic E-state index is 0.0552. The summed E-state index contributed by atoms with van der Waals surface area (Å²) in [5.74, 6) is 0.805. The van der Waals surface area contributed by atoms with Gasteiger partial charge in [-0.1, -0.05) is 42.1 Å². The van der Waals surface area contributed by atoms with Gasteiger partial charge in [0, 0.05) is 16.3 Å². The number of thioether (sulfide) groups is 1. The van der Waals surface area contributed by atoms with Crippen LogP contribution in [0.15, 0.2) is 35.4 Å². The number of fused-ring (bicyclic) bond motifs is 1. The quantitative estimate of drug-likeness (QED) is 0.425. The number of rotatable bonds is 7. The van der Waals surface area contributed by atoms with Crippen LogP contribution in [0.5, 0.6) is 0 Å². The molecule has 0 bridgehead atoms. The van der Waals surface area contributed by atoms with Gasteiger partial charge in [0.05, 0.1) is 5.25 Å². The largest absolute Gasteiger partial charge is 0.353 e. The first kappa shape index (κ1) is 20.8. The summed E-state index contributed by atoms with van der Waals surface area (Å²) in [6, 6.07) is 10.5. The van der Waals surface area contributed by atoms with Crippen molar-refractivity contribution in [3.05, 3.63) is 52.2 Å².